The average molecular weight is 527 g/mol. The Morgan fingerprint density at radius 3 is 2.42 bits per heavy atom. The molecular formula is C25H21ClN3O6S-. The first-order valence-corrected chi connectivity index (χ1v) is 13.1. The summed E-state index contributed by atoms with van der Waals surface area (Å²) in [6.07, 6.45) is 0.790. The minimum Gasteiger partial charge on any atom is -0.545 e. The predicted molar refractivity (Wildman–Crippen MR) is 130 cm³/mol. The van der Waals surface area contributed by atoms with Gasteiger partial charge >= 0.3 is 0 Å². The second-order valence-corrected chi connectivity index (χ2v) is 11.1. The third-order valence-corrected chi connectivity index (χ3v) is 8.24. The SMILES string of the molecule is O=C([O-])c1cccc(C(=O)N2C[C@@H]3C[C@H](C2)c2ccc(NS(=O)(=O)c4ccc(Cl)cc4)c(=O)n2C3)c1. The largest absolute Gasteiger partial charge is 0.545 e. The number of anilines is 1. The van der Waals surface area contributed by atoms with E-state index in [1.54, 1.807) is 21.6 Å². The number of nitrogens with one attached hydrogen (secondary N) is 1. The molecule has 2 aromatic carbocycles. The van der Waals surface area contributed by atoms with Gasteiger partial charge in [0, 0.05) is 41.8 Å². The number of fused-ring (bicyclic) bond motifs is 4. The fraction of sp³-hybridized carbons (Fsp3) is 0.240. The highest BCUT2D eigenvalue weighted by molar-refractivity contribution is 7.92. The number of benzene rings is 2. The summed E-state index contributed by atoms with van der Waals surface area (Å²) in [5, 5.41) is 11.6. The number of rotatable bonds is 5. The van der Waals surface area contributed by atoms with Crippen molar-refractivity contribution in [2.45, 2.75) is 23.8 Å². The molecule has 2 aliphatic heterocycles. The number of hydrogen-bond acceptors (Lipinski definition) is 6. The molecular weight excluding hydrogens is 506 g/mol. The van der Waals surface area contributed by atoms with E-state index in [-0.39, 0.29) is 39.5 Å². The van der Waals surface area contributed by atoms with Crippen LogP contribution in [-0.4, -0.2) is 42.9 Å². The van der Waals surface area contributed by atoms with Gasteiger partial charge in [-0.15, -0.1) is 0 Å². The van der Waals surface area contributed by atoms with Crippen LogP contribution in [-0.2, 0) is 16.6 Å². The van der Waals surface area contributed by atoms with E-state index in [9.17, 15) is 27.9 Å². The van der Waals surface area contributed by atoms with E-state index in [0.29, 0.717) is 24.7 Å². The number of aromatic nitrogens is 1. The van der Waals surface area contributed by atoms with Gasteiger partial charge in [0.15, 0.2) is 0 Å². The van der Waals surface area contributed by atoms with E-state index >= 15 is 0 Å². The number of amides is 1. The summed E-state index contributed by atoms with van der Waals surface area (Å²) in [7, 11) is -3.98. The highest BCUT2D eigenvalue weighted by Gasteiger charge is 2.37. The normalized spacial score (nSPS) is 18.9. The van der Waals surface area contributed by atoms with Gasteiger partial charge in [-0.3, -0.25) is 14.3 Å². The van der Waals surface area contributed by atoms with Crippen molar-refractivity contribution in [2.24, 2.45) is 5.92 Å². The first kappa shape index (κ1) is 24.1. The molecule has 36 heavy (non-hydrogen) atoms. The van der Waals surface area contributed by atoms with Crippen LogP contribution in [0.2, 0.25) is 5.02 Å². The number of carboxylic acids is 1. The van der Waals surface area contributed by atoms with Crippen LogP contribution < -0.4 is 15.4 Å². The van der Waals surface area contributed by atoms with Crippen molar-refractivity contribution in [3.8, 4) is 0 Å². The molecule has 0 radical (unpaired) electrons. The van der Waals surface area contributed by atoms with Gasteiger partial charge in [-0.2, -0.15) is 0 Å². The van der Waals surface area contributed by atoms with Crippen molar-refractivity contribution in [1.29, 1.82) is 0 Å². The standard InChI is InChI=1S/C25H22ClN3O6S/c26-19-4-6-20(7-5-19)36(34,35)27-21-8-9-22-18-10-15(13-29(22)24(21)31)12-28(14-18)23(30)16-2-1-3-17(11-16)25(32)33/h1-9,11,15,18,27H,10,12-14H2,(H,32,33)/p-1/t15-,18+/m0/s1. The quantitative estimate of drug-likeness (QED) is 0.541. The average Bonchev–Trinajstić information content (AvgIpc) is 2.85. The predicted octanol–water partition coefficient (Wildman–Crippen LogP) is 1.93. The topological polar surface area (TPSA) is 129 Å². The molecule has 0 aliphatic carbocycles. The van der Waals surface area contributed by atoms with Crippen LogP contribution >= 0.6 is 11.6 Å². The van der Waals surface area contributed by atoms with Crippen LogP contribution in [0, 0.1) is 5.92 Å². The molecule has 0 saturated carbocycles. The number of carboxylic acid groups (broad SMARTS) is 1. The third kappa shape index (κ3) is 4.49. The molecule has 3 aromatic rings. The number of carbonyl (C=O) groups is 2. The lowest BCUT2D eigenvalue weighted by Gasteiger charge is -2.43. The zero-order valence-corrected chi connectivity index (χ0v) is 20.5. The number of nitrogens with zero attached hydrogens (tertiary/aromatic N) is 2. The Morgan fingerprint density at radius 2 is 1.69 bits per heavy atom. The highest BCUT2D eigenvalue weighted by Crippen LogP contribution is 2.36. The summed E-state index contributed by atoms with van der Waals surface area (Å²) in [5.74, 6) is -1.75. The molecule has 3 heterocycles. The van der Waals surface area contributed by atoms with Crippen molar-refractivity contribution in [2.75, 3.05) is 17.8 Å². The summed E-state index contributed by atoms with van der Waals surface area (Å²) in [6, 6.07) is 14.6. The van der Waals surface area contributed by atoms with Crippen LogP contribution in [0.25, 0.3) is 0 Å². The lowest BCUT2D eigenvalue weighted by molar-refractivity contribution is -0.255. The van der Waals surface area contributed by atoms with Crippen molar-refractivity contribution < 1.29 is 23.1 Å². The van der Waals surface area contributed by atoms with Gasteiger partial charge in [-0.25, -0.2) is 8.42 Å². The number of halogens is 1. The molecule has 1 saturated heterocycles. The fourth-order valence-electron chi connectivity index (χ4n) is 4.97. The van der Waals surface area contributed by atoms with Gasteiger partial charge < -0.3 is 19.4 Å². The zero-order chi connectivity index (χ0) is 25.6. The second kappa shape index (κ2) is 9.11. The Kier molecular flexibility index (Phi) is 6.09. The van der Waals surface area contributed by atoms with Crippen LogP contribution in [0.3, 0.4) is 0 Å². The van der Waals surface area contributed by atoms with E-state index in [0.717, 1.165) is 12.1 Å². The van der Waals surface area contributed by atoms with Gasteiger partial charge in [0.2, 0.25) is 0 Å². The lowest BCUT2D eigenvalue weighted by Crippen LogP contribution is -2.49. The van der Waals surface area contributed by atoms with Crippen LogP contribution in [0.4, 0.5) is 5.69 Å². The number of pyridine rings is 1. The van der Waals surface area contributed by atoms with E-state index in [4.69, 9.17) is 11.6 Å². The Balaban J connectivity index is 1.39. The Labute approximate surface area is 212 Å². The lowest BCUT2D eigenvalue weighted by atomic mass is 9.83. The van der Waals surface area contributed by atoms with Crippen molar-refractivity contribution >= 4 is 39.2 Å². The third-order valence-electron chi connectivity index (χ3n) is 6.60. The van der Waals surface area contributed by atoms with Crippen LogP contribution in [0.1, 0.15) is 38.7 Å². The highest BCUT2D eigenvalue weighted by atomic mass is 35.5. The zero-order valence-electron chi connectivity index (χ0n) is 18.9. The van der Waals surface area contributed by atoms with Gasteiger partial charge in [0.05, 0.1) is 10.9 Å². The summed E-state index contributed by atoms with van der Waals surface area (Å²) < 4.78 is 29.5. The summed E-state index contributed by atoms with van der Waals surface area (Å²) >= 11 is 5.84. The van der Waals surface area contributed by atoms with Crippen LogP contribution in [0.15, 0.2) is 70.4 Å². The molecule has 1 N–H and O–H groups in total. The smallest absolute Gasteiger partial charge is 0.275 e. The molecule has 186 valence electrons. The maximum Gasteiger partial charge on any atom is 0.275 e. The monoisotopic (exact) mass is 526 g/mol. The number of sulfonamides is 1. The van der Waals surface area contributed by atoms with Gasteiger partial charge in [-0.1, -0.05) is 23.7 Å². The van der Waals surface area contributed by atoms with E-state index < -0.39 is 21.6 Å². The first-order chi connectivity index (χ1) is 17.1. The Bertz CT molecular complexity index is 1530. The van der Waals surface area contributed by atoms with E-state index in [1.165, 1.54) is 48.5 Å². The molecule has 0 unspecified atom stereocenters. The Hall–Kier alpha value is -3.63. The molecule has 2 bridgehead atoms. The summed E-state index contributed by atoms with van der Waals surface area (Å²) in [6.45, 7) is 1.10. The Morgan fingerprint density at radius 1 is 0.972 bits per heavy atom. The summed E-state index contributed by atoms with van der Waals surface area (Å²) in [4.78, 5) is 39.2. The molecule has 2 atom stereocenters. The molecule has 11 heteroatoms. The minimum absolute atomic E-state index is 0.00894. The number of aromatic carboxylic acids is 1. The number of carbonyl (C=O) groups excluding carboxylic acids is 2. The molecule has 1 aromatic heterocycles. The number of piperidine rings is 1. The number of hydrogen-bond donors (Lipinski definition) is 1. The van der Waals surface area contributed by atoms with Gasteiger partial charge in [-0.05, 0) is 66.4 Å². The molecule has 0 spiro atoms. The van der Waals surface area contributed by atoms with Crippen LogP contribution in [0.5, 0.6) is 0 Å². The van der Waals surface area contributed by atoms with Crippen molar-refractivity contribution in [3.05, 3.63) is 92.9 Å². The maximum absolute atomic E-state index is 13.2. The van der Waals surface area contributed by atoms with Gasteiger partial charge in [0.1, 0.15) is 5.69 Å². The summed E-state index contributed by atoms with van der Waals surface area (Å²) in [5.41, 5.74) is 0.429. The maximum atomic E-state index is 13.2. The molecule has 9 nitrogen and oxygen atoms in total. The van der Waals surface area contributed by atoms with Crippen molar-refractivity contribution in [3.63, 3.8) is 0 Å². The molecule has 2 aliphatic rings. The molecule has 1 fully saturated rings. The minimum atomic E-state index is -3.98. The molecule has 1 amide bonds. The van der Waals surface area contributed by atoms with E-state index in [1.807, 2.05) is 0 Å². The second-order valence-electron chi connectivity index (χ2n) is 9.02. The molecule has 5 rings (SSSR count). The number of likely N-dealkylation sites (tertiary alicyclic amines) is 1. The van der Waals surface area contributed by atoms with E-state index in [2.05, 4.69) is 4.72 Å². The van der Waals surface area contributed by atoms with Gasteiger partial charge in [0.25, 0.3) is 21.5 Å². The van der Waals surface area contributed by atoms with Crippen molar-refractivity contribution in [1.82, 2.24) is 9.47 Å². The first-order valence-electron chi connectivity index (χ1n) is 11.2. The fourth-order valence-corrected chi connectivity index (χ4v) is 6.15.